The number of rotatable bonds is 1. The second kappa shape index (κ2) is 6.04. The molecule has 0 aliphatic carbocycles. The van der Waals surface area contributed by atoms with E-state index in [1.807, 2.05) is 6.07 Å². The third-order valence-corrected chi connectivity index (χ3v) is 5.27. The van der Waals surface area contributed by atoms with Gasteiger partial charge in [-0.05, 0) is 36.4 Å². The van der Waals surface area contributed by atoms with Crippen molar-refractivity contribution in [2.45, 2.75) is 4.90 Å². The van der Waals surface area contributed by atoms with Crippen molar-refractivity contribution in [2.75, 3.05) is 10.6 Å². The van der Waals surface area contributed by atoms with Crippen LogP contribution in [-0.4, -0.2) is 41.7 Å². The zero-order valence-corrected chi connectivity index (χ0v) is 15.5. The summed E-state index contributed by atoms with van der Waals surface area (Å²) in [5, 5.41) is 6.18. The summed E-state index contributed by atoms with van der Waals surface area (Å²) in [5.74, 6) is 3.55. The Balaban J connectivity index is 1.66. The Morgan fingerprint density at radius 2 is 1.39 bits per heavy atom. The SMILES string of the molecule is O=S(=O)(Cl)c1cc2[nH]c1N=C1C=CC(=N1)N=C1C=CC(=N1)Nc1ccc([nH]1)N2. The van der Waals surface area contributed by atoms with Gasteiger partial charge in [0.05, 0.1) is 0 Å². The molecule has 28 heavy (non-hydrogen) atoms. The predicted octanol–water partition coefficient (Wildman–Crippen LogP) is 2.80. The second-order valence-electron chi connectivity index (χ2n) is 5.94. The fraction of sp³-hybridized carbons (Fsp3) is 0. The molecule has 0 unspecified atom stereocenters. The van der Waals surface area contributed by atoms with Crippen molar-refractivity contribution in [3.8, 4) is 0 Å². The molecule has 0 saturated heterocycles. The number of aromatic amines is 2. The normalized spacial score (nSPS) is 17.5. The highest BCUT2D eigenvalue weighted by molar-refractivity contribution is 8.13. The van der Waals surface area contributed by atoms with Crippen LogP contribution in [0.1, 0.15) is 0 Å². The Kier molecular flexibility index (Phi) is 3.60. The van der Waals surface area contributed by atoms with Crippen molar-refractivity contribution in [3.05, 3.63) is 42.5 Å². The highest BCUT2D eigenvalue weighted by atomic mass is 35.7. The highest BCUT2D eigenvalue weighted by Gasteiger charge is 2.21. The summed E-state index contributed by atoms with van der Waals surface area (Å²) in [5.41, 5.74) is 0. The summed E-state index contributed by atoms with van der Waals surface area (Å²) >= 11 is 0. The van der Waals surface area contributed by atoms with Crippen LogP contribution >= 0.6 is 10.7 Å². The molecule has 0 spiro atoms. The minimum atomic E-state index is -4.02. The van der Waals surface area contributed by atoms with Gasteiger partial charge in [0, 0.05) is 16.7 Å². The van der Waals surface area contributed by atoms with Crippen LogP contribution in [0, 0.1) is 0 Å². The van der Waals surface area contributed by atoms with E-state index in [1.165, 1.54) is 6.07 Å². The zero-order valence-electron chi connectivity index (χ0n) is 13.9. The summed E-state index contributed by atoms with van der Waals surface area (Å²) in [7, 11) is 1.54. The third-order valence-electron chi connectivity index (χ3n) is 3.93. The molecule has 0 atom stereocenters. The molecule has 4 N–H and O–H groups in total. The van der Waals surface area contributed by atoms with E-state index in [0.717, 1.165) is 0 Å². The van der Waals surface area contributed by atoms with Crippen LogP contribution in [0.25, 0.3) is 0 Å². The van der Waals surface area contributed by atoms with Gasteiger partial charge in [0.25, 0.3) is 9.05 Å². The number of halogens is 1. The first kappa shape index (κ1) is 16.7. The molecule has 3 aliphatic heterocycles. The van der Waals surface area contributed by atoms with Crippen LogP contribution in [0.3, 0.4) is 0 Å². The summed E-state index contributed by atoms with van der Waals surface area (Å²) in [4.78, 5) is 23.1. The monoisotopic (exact) mass is 414 g/mol. The van der Waals surface area contributed by atoms with Crippen molar-refractivity contribution in [3.63, 3.8) is 0 Å². The van der Waals surface area contributed by atoms with E-state index in [9.17, 15) is 8.42 Å². The molecule has 2 aromatic heterocycles. The minimum absolute atomic E-state index is 0.0628. The maximum absolute atomic E-state index is 11.9. The molecule has 0 fully saturated rings. The third kappa shape index (κ3) is 3.17. The molecule has 12 heteroatoms. The molecule has 8 bridgehead atoms. The van der Waals surface area contributed by atoms with Crippen LogP contribution in [0.15, 0.2) is 67.4 Å². The van der Waals surface area contributed by atoms with Crippen LogP contribution in [0.5, 0.6) is 0 Å². The first-order valence-electron chi connectivity index (χ1n) is 8.04. The molecule has 0 saturated carbocycles. The molecule has 0 radical (unpaired) electrons. The number of aromatic nitrogens is 2. The number of H-pyrrole nitrogens is 2. The Labute approximate surface area is 163 Å². The van der Waals surface area contributed by atoms with Crippen molar-refractivity contribution >= 4 is 66.3 Å². The van der Waals surface area contributed by atoms with Gasteiger partial charge in [0.15, 0.2) is 23.3 Å². The van der Waals surface area contributed by atoms with Gasteiger partial charge in [-0.25, -0.2) is 28.4 Å². The number of nitrogens with one attached hydrogen (secondary N) is 4. The van der Waals surface area contributed by atoms with Crippen LogP contribution in [0.2, 0.25) is 0 Å². The molecule has 5 heterocycles. The Hall–Kier alpha value is -3.44. The Morgan fingerprint density at radius 1 is 0.750 bits per heavy atom. The number of anilines is 3. The van der Waals surface area contributed by atoms with E-state index in [2.05, 4.69) is 40.6 Å². The van der Waals surface area contributed by atoms with E-state index in [1.54, 1.807) is 30.4 Å². The van der Waals surface area contributed by atoms with Gasteiger partial charge >= 0.3 is 0 Å². The zero-order chi connectivity index (χ0) is 19.3. The molecule has 3 aliphatic rings. The van der Waals surface area contributed by atoms with Crippen molar-refractivity contribution in [2.24, 2.45) is 20.0 Å². The number of hydrogen-bond acceptors (Lipinski definition) is 8. The van der Waals surface area contributed by atoms with E-state index in [4.69, 9.17) is 10.7 Å². The van der Waals surface area contributed by atoms with Gasteiger partial charge < -0.3 is 20.6 Å². The van der Waals surface area contributed by atoms with Crippen molar-refractivity contribution < 1.29 is 8.42 Å². The van der Waals surface area contributed by atoms with E-state index < -0.39 is 9.05 Å². The maximum Gasteiger partial charge on any atom is 0.265 e. The lowest BCUT2D eigenvalue weighted by Crippen LogP contribution is -2.07. The number of fused-ring (bicyclic) bond motifs is 6. The fourth-order valence-corrected chi connectivity index (χ4v) is 3.70. The van der Waals surface area contributed by atoms with E-state index in [-0.39, 0.29) is 16.5 Å². The van der Waals surface area contributed by atoms with Gasteiger partial charge in [0.1, 0.15) is 28.2 Å². The average molecular weight is 415 g/mol. The molecule has 5 rings (SSSR count). The second-order valence-corrected chi connectivity index (χ2v) is 8.48. The number of hydrogen-bond donors (Lipinski definition) is 4. The summed E-state index contributed by atoms with van der Waals surface area (Å²) in [6, 6.07) is 4.96. The topological polar surface area (TPSA) is 139 Å². The molecular formula is C16H11ClN8O2S. The quantitative estimate of drug-likeness (QED) is 0.532. The van der Waals surface area contributed by atoms with Gasteiger partial charge in [-0.1, -0.05) is 0 Å². The van der Waals surface area contributed by atoms with Crippen molar-refractivity contribution in [1.29, 1.82) is 0 Å². The smallest absolute Gasteiger partial charge is 0.265 e. The van der Waals surface area contributed by atoms with Gasteiger partial charge in [-0.15, -0.1) is 0 Å². The van der Waals surface area contributed by atoms with E-state index >= 15 is 0 Å². The molecule has 0 aromatic carbocycles. The van der Waals surface area contributed by atoms with Crippen LogP contribution in [-0.2, 0) is 9.05 Å². The Bertz CT molecular complexity index is 1290. The lowest BCUT2D eigenvalue weighted by Gasteiger charge is -2.02. The average Bonchev–Trinajstić information content (AvgIpc) is 3.38. The first-order chi connectivity index (χ1) is 13.4. The lowest BCUT2D eigenvalue weighted by molar-refractivity contribution is 0.610. The maximum atomic E-state index is 11.9. The molecule has 2 aromatic rings. The number of nitrogens with zero attached hydrogens (tertiary/aromatic N) is 4. The lowest BCUT2D eigenvalue weighted by atomic mass is 10.4. The fourth-order valence-electron chi connectivity index (χ4n) is 2.77. The summed E-state index contributed by atoms with van der Waals surface area (Å²) in [6.45, 7) is 0. The highest BCUT2D eigenvalue weighted by Crippen LogP contribution is 2.32. The standard InChI is InChI=1S/C16H11ClN8O2S/c17-28(26,27)8-7-15-23-13-4-3-11(21-13)19-9-1-2-10(18-9)20-12-5-6-14(22-12)24-16(8)25-15/h1-7,21,23,25H,(H,18,19,20,22,24). The van der Waals surface area contributed by atoms with Crippen LogP contribution < -0.4 is 10.6 Å². The van der Waals surface area contributed by atoms with Crippen LogP contribution in [0.4, 0.5) is 23.3 Å². The number of aliphatic imine (C=N–C) groups is 4. The minimum Gasteiger partial charge on any atom is -0.328 e. The van der Waals surface area contributed by atoms with Gasteiger partial charge in [-0.3, -0.25) is 0 Å². The Morgan fingerprint density at radius 3 is 2.14 bits per heavy atom. The molecule has 140 valence electrons. The molecule has 10 nitrogen and oxygen atoms in total. The van der Waals surface area contributed by atoms with E-state index in [0.29, 0.717) is 35.0 Å². The molecule has 0 amide bonds. The predicted molar refractivity (Wildman–Crippen MR) is 109 cm³/mol. The number of amidine groups is 4. The van der Waals surface area contributed by atoms with Crippen molar-refractivity contribution in [1.82, 2.24) is 9.97 Å². The molecular weight excluding hydrogens is 404 g/mol. The first-order valence-corrected chi connectivity index (χ1v) is 10.3. The van der Waals surface area contributed by atoms with Gasteiger partial charge in [0.2, 0.25) is 0 Å². The van der Waals surface area contributed by atoms with Gasteiger partial charge in [-0.2, -0.15) is 0 Å². The summed E-state index contributed by atoms with van der Waals surface area (Å²) in [6.07, 6.45) is 6.83. The summed E-state index contributed by atoms with van der Waals surface area (Å²) < 4.78 is 23.9. The largest absolute Gasteiger partial charge is 0.328 e.